The van der Waals surface area contributed by atoms with Gasteiger partial charge in [-0.2, -0.15) is 5.26 Å². The molecule has 2 aromatic rings. The summed E-state index contributed by atoms with van der Waals surface area (Å²) in [6, 6.07) is 7.74. The molecule has 0 radical (unpaired) electrons. The molecule has 0 spiro atoms. The molecule has 0 aliphatic rings. The van der Waals surface area contributed by atoms with Crippen molar-refractivity contribution in [2.75, 3.05) is 0 Å². The first-order valence-corrected chi connectivity index (χ1v) is 4.58. The standard InChI is InChI=1S/C12H9N3/c1-9-3-2-4-15-12(9)11-5-10(6-13)7-14-8-11/h2-5,7-8H,1H3. The predicted molar refractivity (Wildman–Crippen MR) is 56.9 cm³/mol. The maximum atomic E-state index is 8.77. The molecule has 0 aliphatic carbocycles. The Hall–Kier alpha value is -2.21. The molecule has 0 amide bonds. The zero-order valence-electron chi connectivity index (χ0n) is 8.31. The molecule has 72 valence electrons. The molecule has 0 atom stereocenters. The highest BCUT2D eigenvalue weighted by molar-refractivity contribution is 5.63. The van der Waals surface area contributed by atoms with Crippen molar-refractivity contribution in [3.63, 3.8) is 0 Å². The van der Waals surface area contributed by atoms with Crippen LogP contribution in [0, 0.1) is 18.3 Å². The molecule has 3 heteroatoms. The first-order valence-electron chi connectivity index (χ1n) is 4.58. The smallest absolute Gasteiger partial charge is 0.101 e. The second kappa shape index (κ2) is 3.89. The summed E-state index contributed by atoms with van der Waals surface area (Å²) in [5, 5.41) is 8.77. The molecule has 0 saturated heterocycles. The number of pyridine rings is 2. The van der Waals surface area contributed by atoms with Crippen molar-refractivity contribution >= 4 is 0 Å². The number of hydrogen-bond acceptors (Lipinski definition) is 3. The molecular formula is C12H9N3. The van der Waals surface area contributed by atoms with Crippen molar-refractivity contribution in [1.29, 1.82) is 5.26 Å². The molecule has 2 heterocycles. The van der Waals surface area contributed by atoms with Crippen LogP contribution in [0.1, 0.15) is 11.1 Å². The Morgan fingerprint density at radius 3 is 2.93 bits per heavy atom. The Morgan fingerprint density at radius 1 is 1.33 bits per heavy atom. The first kappa shape index (κ1) is 9.35. The molecule has 0 N–H and O–H groups in total. The highest BCUT2D eigenvalue weighted by Gasteiger charge is 2.03. The van der Waals surface area contributed by atoms with E-state index in [1.165, 1.54) is 0 Å². The molecule has 0 fully saturated rings. The molecular weight excluding hydrogens is 186 g/mol. The van der Waals surface area contributed by atoms with Gasteiger partial charge in [0.2, 0.25) is 0 Å². The van der Waals surface area contributed by atoms with Gasteiger partial charge < -0.3 is 0 Å². The van der Waals surface area contributed by atoms with E-state index in [-0.39, 0.29) is 0 Å². The van der Waals surface area contributed by atoms with E-state index in [0.29, 0.717) is 5.56 Å². The zero-order chi connectivity index (χ0) is 10.7. The molecule has 0 bridgehead atoms. The normalized spacial score (nSPS) is 9.60. The molecule has 0 aromatic carbocycles. The van der Waals surface area contributed by atoms with E-state index in [4.69, 9.17) is 5.26 Å². The largest absolute Gasteiger partial charge is 0.263 e. The van der Waals surface area contributed by atoms with Gasteiger partial charge in [0.15, 0.2) is 0 Å². The van der Waals surface area contributed by atoms with Gasteiger partial charge in [-0.3, -0.25) is 9.97 Å². The summed E-state index contributed by atoms with van der Waals surface area (Å²) < 4.78 is 0. The molecule has 2 rings (SSSR count). The van der Waals surface area contributed by atoms with Gasteiger partial charge in [0.05, 0.1) is 11.3 Å². The summed E-state index contributed by atoms with van der Waals surface area (Å²) in [6.45, 7) is 1.99. The van der Waals surface area contributed by atoms with Gasteiger partial charge in [-0.05, 0) is 24.6 Å². The topological polar surface area (TPSA) is 49.6 Å². The highest BCUT2D eigenvalue weighted by Crippen LogP contribution is 2.19. The Bertz CT molecular complexity index is 526. The second-order valence-electron chi connectivity index (χ2n) is 3.24. The third kappa shape index (κ3) is 1.84. The van der Waals surface area contributed by atoms with Gasteiger partial charge in [0.25, 0.3) is 0 Å². The fourth-order valence-corrected chi connectivity index (χ4v) is 1.42. The average molecular weight is 195 g/mol. The molecule has 3 nitrogen and oxygen atoms in total. The van der Waals surface area contributed by atoms with Crippen molar-refractivity contribution < 1.29 is 0 Å². The summed E-state index contributed by atoms with van der Waals surface area (Å²) in [7, 11) is 0. The molecule has 0 unspecified atom stereocenters. The molecule has 0 saturated carbocycles. The van der Waals surface area contributed by atoms with Gasteiger partial charge in [-0.1, -0.05) is 6.07 Å². The van der Waals surface area contributed by atoms with Crippen LogP contribution in [0.3, 0.4) is 0 Å². The van der Waals surface area contributed by atoms with E-state index in [2.05, 4.69) is 16.0 Å². The monoisotopic (exact) mass is 195 g/mol. The Labute approximate surface area is 88.1 Å². The Kier molecular flexibility index (Phi) is 2.42. The third-order valence-electron chi connectivity index (χ3n) is 2.15. The van der Waals surface area contributed by atoms with Crippen molar-refractivity contribution in [2.24, 2.45) is 0 Å². The van der Waals surface area contributed by atoms with Crippen LogP contribution >= 0.6 is 0 Å². The minimum Gasteiger partial charge on any atom is -0.263 e. The van der Waals surface area contributed by atoms with Crippen molar-refractivity contribution in [3.05, 3.63) is 47.9 Å². The van der Waals surface area contributed by atoms with Gasteiger partial charge in [0.1, 0.15) is 6.07 Å². The van der Waals surface area contributed by atoms with E-state index in [0.717, 1.165) is 16.8 Å². The minimum absolute atomic E-state index is 0.553. The SMILES string of the molecule is Cc1cccnc1-c1cncc(C#N)c1. The molecule has 0 aliphatic heterocycles. The summed E-state index contributed by atoms with van der Waals surface area (Å²) in [5.41, 5.74) is 3.39. The van der Waals surface area contributed by atoms with Crippen LogP contribution in [0.5, 0.6) is 0 Å². The second-order valence-corrected chi connectivity index (χ2v) is 3.24. The van der Waals surface area contributed by atoms with E-state index >= 15 is 0 Å². The van der Waals surface area contributed by atoms with Crippen LogP contribution in [0.15, 0.2) is 36.8 Å². The van der Waals surface area contributed by atoms with E-state index in [9.17, 15) is 0 Å². The highest BCUT2D eigenvalue weighted by atomic mass is 14.7. The fourth-order valence-electron chi connectivity index (χ4n) is 1.42. The predicted octanol–water partition coefficient (Wildman–Crippen LogP) is 2.32. The number of nitrogens with zero attached hydrogens (tertiary/aromatic N) is 3. The van der Waals surface area contributed by atoms with Crippen LogP contribution < -0.4 is 0 Å². The number of hydrogen-bond donors (Lipinski definition) is 0. The third-order valence-corrected chi connectivity index (χ3v) is 2.15. The maximum absolute atomic E-state index is 8.77. The lowest BCUT2D eigenvalue weighted by molar-refractivity contribution is 1.23. The Morgan fingerprint density at radius 2 is 2.20 bits per heavy atom. The van der Waals surface area contributed by atoms with Gasteiger partial charge in [0, 0.05) is 24.2 Å². The molecule has 2 aromatic heterocycles. The van der Waals surface area contributed by atoms with Crippen LogP contribution in [0.2, 0.25) is 0 Å². The summed E-state index contributed by atoms with van der Waals surface area (Å²) in [5.74, 6) is 0. The number of aromatic nitrogens is 2. The minimum atomic E-state index is 0.553. The van der Waals surface area contributed by atoms with E-state index in [1.807, 2.05) is 19.1 Å². The van der Waals surface area contributed by atoms with Crippen molar-refractivity contribution in [3.8, 4) is 17.3 Å². The summed E-state index contributed by atoms with van der Waals surface area (Å²) in [6.07, 6.45) is 5.00. The maximum Gasteiger partial charge on any atom is 0.101 e. The lowest BCUT2D eigenvalue weighted by atomic mass is 10.1. The number of aryl methyl sites for hydroxylation is 1. The van der Waals surface area contributed by atoms with Gasteiger partial charge in [-0.15, -0.1) is 0 Å². The van der Waals surface area contributed by atoms with Crippen LogP contribution in [-0.2, 0) is 0 Å². The van der Waals surface area contributed by atoms with Gasteiger partial charge in [-0.25, -0.2) is 0 Å². The average Bonchev–Trinajstić information content (AvgIpc) is 2.30. The molecule has 15 heavy (non-hydrogen) atoms. The number of nitriles is 1. The Balaban J connectivity index is 2.55. The van der Waals surface area contributed by atoms with Crippen LogP contribution in [0.4, 0.5) is 0 Å². The van der Waals surface area contributed by atoms with Gasteiger partial charge >= 0.3 is 0 Å². The van der Waals surface area contributed by atoms with E-state index in [1.54, 1.807) is 24.7 Å². The quantitative estimate of drug-likeness (QED) is 0.701. The summed E-state index contributed by atoms with van der Waals surface area (Å²) >= 11 is 0. The first-order chi connectivity index (χ1) is 7.31. The lowest BCUT2D eigenvalue weighted by Gasteiger charge is -2.03. The summed E-state index contributed by atoms with van der Waals surface area (Å²) in [4.78, 5) is 8.28. The van der Waals surface area contributed by atoms with Crippen LogP contribution in [-0.4, -0.2) is 9.97 Å². The van der Waals surface area contributed by atoms with Crippen LogP contribution in [0.25, 0.3) is 11.3 Å². The van der Waals surface area contributed by atoms with Crippen molar-refractivity contribution in [1.82, 2.24) is 9.97 Å². The fraction of sp³-hybridized carbons (Fsp3) is 0.0833. The number of rotatable bonds is 1. The lowest BCUT2D eigenvalue weighted by Crippen LogP contribution is -1.89. The van der Waals surface area contributed by atoms with E-state index < -0.39 is 0 Å². The zero-order valence-corrected chi connectivity index (χ0v) is 8.31. The van der Waals surface area contributed by atoms with Crippen molar-refractivity contribution in [2.45, 2.75) is 6.92 Å².